The monoisotopic (exact) mass is 298 g/mol. The molecule has 1 aromatic carbocycles. The minimum Gasteiger partial charge on any atom is -0.328 e. The third-order valence-electron chi connectivity index (χ3n) is 4.49. The second kappa shape index (κ2) is 5.09. The molecule has 1 saturated carbocycles. The molecule has 6 heteroatoms. The lowest BCUT2D eigenvalue weighted by Gasteiger charge is -2.28. The van der Waals surface area contributed by atoms with Crippen molar-refractivity contribution in [1.82, 2.24) is 4.31 Å². The molecule has 0 bridgehead atoms. The molecule has 3 atom stereocenters. The number of halogens is 1. The molecule has 0 radical (unpaired) electrons. The molecule has 20 heavy (non-hydrogen) atoms. The zero-order valence-corrected chi connectivity index (χ0v) is 12.0. The Labute approximate surface area is 118 Å². The van der Waals surface area contributed by atoms with Gasteiger partial charge in [-0.3, -0.25) is 0 Å². The van der Waals surface area contributed by atoms with Gasteiger partial charge in [-0.25, -0.2) is 12.8 Å². The zero-order valence-electron chi connectivity index (χ0n) is 11.2. The lowest BCUT2D eigenvalue weighted by atomic mass is 9.79. The molecule has 2 aliphatic rings. The molecule has 0 aromatic heterocycles. The molecule has 1 heterocycles. The first-order valence-corrected chi connectivity index (χ1v) is 8.42. The lowest BCUT2D eigenvalue weighted by Crippen LogP contribution is -2.32. The van der Waals surface area contributed by atoms with Crippen LogP contribution >= 0.6 is 0 Å². The van der Waals surface area contributed by atoms with Crippen LogP contribution in [-0.2, 0) is 10.0 Å². The first-order chi connectivity index (χ1) is 9.46. The van der Waals surface area contributed by atoms with E-state index < -0.39 is 15.8 Å². The highest BCUT2D eigenvalue weighted by Crippen LogP contribution is 2.37. The van der Waals surface area contributed by atoms with Gasteiger partial charge in [-0.2, -0.15) is 4.31 Å². The maximum Gasteiger partial charge on any atom is 0.243 e. The highest BCUT2D eigenvalue weighted by atomic mass is 32.2. The fourth-order valence-electron chi connectivity index (χ4n) is 3.40. The van der Waals surface area contributed by atoms with Gasteiger partial charge in [0.1, 0.15) is 5.82 Å². The number of benzene rings is 1. The fourth-order valence-corrected chi connectivity index (χ4v) is 4.98. The van der Waals surface area contributed by atoms with Crippen LogP contribution in [0.4, 0.5) is 4.39 Å². The van der Waals surface area contributed by atoms with Gasteiger partial charge >= 0.3 is 0 Å². The van der Waals surface area contributed by atoms with E-state index in [-0.39, 0.29) is 10.9 Å². The summed E-state index contributed by atoms with van der Waals surface area (Å²) >= 11 is 0. The molecule has 1 unspecified atom stereocenters. The van der Waals surface area contributed by atoms with Gasteiger partial charge in [0.25, 0.3) is 0 Å². The minimum atomic E-state index is -3.58. The van der Waals surface area contributed by atoms with E-state index in [1.165, 1.54) is 22.5 Å². The standard InChI is InChI=1S/C14H19FN2O2S/c15-12-2-1-3-14(7-12)20(18,19)17-8-10-4-5-13(16)6-11(10)9-17/h1-3,7,10-11,13H,4-6,8-9,16H2/t10-,11+,13?/m1/s1. The number of nitrogens with zero attached hydrogens (tertiary/aromatic N) is 1. The van der Waals surface area contributed by atoms with Gasteiger partial charge in [-0.1, -0.05) is 6.07 Å². The molecule has 2 N–H and O–H groups in total. The molecular formula is C14H19FN2O2S. The van der Waals surface area contributed by atoms with E-state index in [4.69, 9.17) is 5.73 Å². The third kappa shape index (κ3) is 2.47. The van der Waals surface area contributed by atoms with Crippen molar-refractivity contribution in [3.63, 3.8) is 0 Å². The van der Waals surface area contributed by atoms with Crippen molar-refractivity contribution in [3.05, 3.63) is 30.1 Å². The summed E-state index contributed by atoms with van der Waals surface area (Å²) in [6.45, 7) is 1.05. The van der Waals surface area contributed by atoms with Crippen LogP contribution in [0.3, 0.4) is 0 Å². The predicted molar refractivity (Wildman–Crippen MR) is 74.0 cm³/mol. The van der Waals surface area contributed by atoms with Crippen LogP contribution in [0.5, 0.6) is 0 Å². The number of hydrogen-bond acceptors (Lipinski definition) is 3. The molecular weight excluding hydrogens is 279 g/mol. The fraction of sp³-hybridized carbons (Fsp3) is 0.571. The number of fused-ring (bicyclic) bond motifs is 1. The lowest BCUT2D eigenvalue weighted by molar-refractivity contribution is 0.271. The van der Waals surface area contributed by atoms with Gasteiger partial charge in [-0.15, -0.1) is 0 Å². The Hall–Kier alpha value is -0.980. The van der Waals surface area contributed by atoms with E-state index in [1.54, 1.807) is 0 Å². The summed E-state index contributed by atoms with van der Waals surface area (Å²) in [5, 5.41) is 0. The largest absolute Gasteiger partial charge is 0.328 e. The topological polar surface area (TPSA) is 63.4 Å². The van der Waals surface area contributed by atoms with E-state index in [0.717, 1.165) is 25.3 Å². The first kappa shape index (κ1) is 14.0. The summed E-state index contributed by atoms with van der Waals surface area (Å²) in [4.78, 5) is 0.0421. The summed E-state index contributed by atoms with van der Waals surface area (Å²) in [5.74, 6) is 0.227. The van der Waals surface area contributed by atoms with Crippen LogP contribution in [0, 0.1) is 17.7 Å². The maximum atomic E-state index is 13.2. The van der Waals surface area contributed by atoms with Crippen LogP contribution < -0.4 is 5.73 Å². The van der Waals surface area contributed by atoms with E-state index in [0.29, 0.717) is 24.9 Å². The molecule has 0 spiro atoms. The average molecular weight is 298 g/mol. The van der Waals surface area contributed by atoms with E-state index in [1.807, 2.05) is 0 Å². The second-order valence-electron chi connectivity index (χ2n) is 5.87. The van der Waals surface area contributed by atoms with Gasteiger partial charge in [0, 0.05) is 19.1 Å². The molecule has 2 fully saturated rings. The molecule has 1 aliphatic carbocycles. The van der Waals surface area contributed by atoms with E-state index in [9.17, 15) is 12.8 Å². The smallest absolute Gasteiger partial charge is 0.243 e. The number of sulfonamides is 1. The average Bonchev–Trinajstić information content (AvgIpc) is 2.82. The summed E-state index contributed by atoms with van der Waals surface area (Å²) in [5.41, 5.74) is 5.96. The summed E-state index contributed by atoms with van der Waals surface area (Å²) in [7, 11) is -3.58. The van der Waals surface area contributed by atoms with Crippen molar-refractivity contribution in [2.75, 3.05) is 13.1 Å². The van der Waals surface area contributed by atoms with Crippen molar-refractivity contribution in [3.8, 4) is 0 Å². The zero-order chi connectivity index (χ0) is 14.3. The van der Waals surface area contributed by atoms with Gasteiger partial charge in [-0.05, 0) is 49.3 Å². The molecule has 1 saturated heterocycles. The second-order valence-corrected chi connectivity index (χ2v) is 7.81. The maximum absolute atomic E-state index is 13.2. The summed E-state index contributed by atoms with van der Waals surface area (Å²) < 4.78 is 39.8. The van der Waals surface area contributed by atoms with Gasteiger partial charge in [0.05, 0.1) is 4.90 Å². The summed E-state index contributed by atoms with van der Waals surface area (Å²) in [6, 6.07) is 5.41. The molecule has 3 rings (SSSR count). The van der Waals surface area contributed by atoms with Crippen LogP contribution in [-0.4, -0.2) is 31.9 Å². The number of rotatable bonds is 2. The van der Waals surface area contributed by atoms with E-state index in [2.05, 4.69) is 0 Å². The van der Waals surface area contributed by atoms with Crippen molar-refractivity contribution in [1.29, 1.82) is 0 Å². The SMILES string of the molecule is NC1CC[C@@H]2CN(S(=O)(=O)c3cccc(F)c3)C[C@@H]2C1. The molecule has 4 nitrogen and oxygen atoms in total. The number of hydrogen-bond donors (Lipinski definition) is 1. The molecule has 0 amide bonds. The Morgan fingerprint density at radius 2 is 1.95 bits per heavy atom. The predicted octanol–water partition coefficient (Wildman–Crippen LogP) is 1.57. The molecule has 1 aliphatic heterocycles. The van der Waals surface area contributed by atoms with Crippen LogP contribution in [0.15, 0.2) is 29.2 Å². The molecule has 1 aromatic rings. The highest BCUT2D eigenvalue weighted by Gasteiger charge is 2.41. The van der Waals surface area contributed by atoms with Crippen molar-refractivity contribution < 1.29 is 12.8 Å². The minimum absolute atomic E-state index is 0.0421. The normalized spacial score (nSPS) is 31.2. The quantitative estimate of drug-likeness (QED) is 0.901. The Bertz CT molecular complexity index is 605. The van der Waals surface area contributed by atoms with Crippen molar-refractivity contribution in [2.45, 2.75) is 30.2 Å². The van der Waals surface area contributed by atoms with Crippen LogP contribution in [0.1, 0.15) is 19.3 Å². The molecule has 110 valence electrons. The van der Waals surface area contributed by atoms with Crippen molar-refractivity contribution in [2.24, 2.45) is 17.6 Å². The van der Waals surface area contributed by atoms with Gasteiger partial charge < -0.3 is 5.73 Å². The highest BCUT2D eigenvalue weighted by molar-refractivity contribution is 7.89. The first-order valence-electron chi connectivity index (χ1n) is 6.98. The van der Waals surface area contributed by atoms with Crippen molar-refractivity contribution >= 4 is 10.0 Å². The van der Waals surface area contributed by atoms with Crippen LogP contribution in [0.2, 0.25) is 0 Å². The Morgan fingerprint density at radius 1 is 1.20 bits per heavy atom. The Kier molecular flexibility index (Phi) is 3.56. The number of nitrogens with two attached hydrogens (primary N) is 1. The van der Waals surface area contributed by atoms with Gasteiger partial charge in [0.15, 0.2) is 0 Å². The Morgan fingerprint density at radius 3 is 2.70 bits per heavy atom. The van der Waals surface area contributed by atoms with Gasteiger partial charge in [0.2, 0.25) is 10.0 Å². The van der Waals surface area contributed by atoms with E-state index >= 15 is 0 Å². The van der Waals surface area contributed by atoms with Crippen LogP contribution in [0.25, 0.3) is 0 Å². The third-order valence-corrected chi connectivity index (χ3v) is 6.32. The summed E-state index contributed by atoms with van der Waals surface area (Å²) in [6.07, 6.45) is 2.84. The Balaban J connectivity index is 1.83.